The van der Waals surface area contributed by atoms with E-state index in [0.717, 1.165) is 43.3 Å². The van der Waals surface area contributed by atoms with Crippen molar-refractivity contribution in [3.8, 4) is 0 Å². The Morgan fingerprint density at radius 3 is 2.32 bits per heavy atom. The number of nitrogens with zero attached hydrogens (tertiary/aromatic N) is 2. The number of hydrogen-bond acceptors (Lipinski definition) is 3. The van der Waals surface area contributed by atoms with Crippen molar-refractivity contribution in [3.05, 3.63) is 35.4 Å². The number of piperidine rings is 2. The molecular weight excluding hydrogens is 350 g/mol. The summed E-state index contributed by atoms with van der Waals surface area (Å²) in [4.78, 5) is 28.4. The molecule has 0 radical (unpaired) electrons. The van der Waals surface area contributed by atoms with Gasteiger partial charge in [0.05, 0.1) is 5.92 Å². The van der Waals surface area contributed by atoms with Gasteiger partial charge in [-0.3, -0.25) is 14.5 Å². The maximum absolute atomic E-state index is 12.5. The summed E-state index contributed by atoms with van der Waals surface area (Å²) < 4.78 is 0. The molecule has 1 N–H and O–H groups in total. The van der Waals surface area contributed by atoms with E-state index in [2.05, 4.69) is 48.3 Å². The van der Waals surface area contributed by atoms with E-state index in [9.17, 15) is 9.59 Å². The van der Waals surface area contributed by atoms with Gasteiger partial charge in [-0.05, 0) is 42.2 Å². The Morgan fingerprint density at radius 1 is 1.04 bits per heavy atom. The fraction of sp³-hybridized carbons (Fsp3) is 0.652. The molecule has 2 fully saturated rings. The van der Waals surface area contributed by atoms with Gasteiger partial charge in [-0.25, -0.2) is 0 Å². The Kier molecular flexibility index (Phi) is 7.11. The van der Waals surface area contributed by atoms with Crippen LogP contribution in [0.2, 0.25) is 0 Å². The molecule has 1 aromatic rings. The number of carbonyl (C=O) groups excluding carboxylic acids is 2. The Balaban J connectivity index is 1.46. The number of rotatable bonds is 5. The van der Waals surface area contributed by atoms with Gasteiger partial charge >= 0.3 is 0 Å². The lowest BCUT2D eigenvalue weighted by Gasteiger charge is -2.35. The number of nitrogens with one attached hydrogen (secondary N) is 1. The molecule has 2 amide bonds. The first-order valence-electron chi connectivity index (χ1n) is 10.7. The van der Waals surface area contributed by atoms with Crippen LogP contribution in [0, 0.1) is 17.8 Å². The maximum atomic E-state index is 12.5. The Hall–Kier alpha value is -1.88. The minimum absolute atomic E-state index is 0.0607. The van der Waals surface area contributed by atoms with Crippen molar-refractivity contribution in [1.82, 2.24) is 15.1 Å². The SMILES string of the molecule is CC(=O)N1CCC[C@H](C(=O)NCc2ccc(CN3C[C@H](C)C[C@H](C)C3)cc2)C1. The summed E-state index contributed by atoms with van der Waals surface area (Å²) in [7, 11) is 0. The molecule has 0 saturated carbocycles. The fourth-order valence-electron chi connectivity index (χ4n) is 4.75. The van der Waals surface area contributed by atoms with Crippen LogP contribution in [0.3, 0.4) is 0 Å². The highest BCUT2D eigenvalue weighted by molar-refractivity contribution is 5.80. The molecule has 2 aliphatic heterocycles. The van der Waals surface area contributed by atoms with E-state index in [1.807, 2.05) is 0 Å². The first kappa shape index (κ1) is 20.8. The number of carbonyl (C=O) groups is 2. The average Bonchev–Trinajstić information content (AvgIpc) is 2.66. The van der Waals surface area contributed by atoms with Crippen LogP contribution in [0.4, 0.5) is 0 Å². The molecule has 5 nitrogen and oxygen atoms in total. The molecule has 28 heavy (non-hydrogen) atoms. The lowest BCUT2D eigenvalue weighted by Crippen LogP contribution is -2.44. The number of hydrogen-bond donors (Lipinski definition) is 1. The van der Waals surface area contributed by atoms with Crippen LogP contribution in [0.5, 0.6) is 0 Å². The van der Waals surface area contributed by atoms with E-state index >= 15 is 0 Å². The summed E-state index contributed by atoms with van der Waals surface area (Å²) in [6.45, 7) is 11.5. The third kappa shape index (κ3) is 5.81. The van der Waals surface area contributed by atoms with Gasteiger partial charge in [0.2, 0.25) is 11.8 Å². The molecule has 5 heteroatoms. The minimum Gasteiger partial charge on any atom is -0.352 e. The van der Waals surface area contributed by atoms with Crippen LogP contribution >= 0.6 is 0 Å². The van der Waals surface area contributed by atoms with Crippen molar-refractivity contribution in [1.29, 1.82) is 0 Å². The van der Waals surface area contributed by atoms with Gasteiger partial charge in [-0.15, -0.1) is 0 Å². The summed E-state index contributed by atoms with van der Waals surface area (Å²) in [5.74, 6) is 1.59. The monoisotopic (exact) mass is 385 g/mol. The molecular formula is C23H35N3O2. The molecule has 2 saturated heterocycles. The van der Waals surface area contributed by atoms with E-state index < -0.39 is 0 Å². The number of amides is 2. The predicted octanol–water partition coefficient (Wildman–Crippen LogP) is 3.04. The summed E-state index contributed by atoms with van der Waals surface area (Å²) in [5.41, 5.74) is 2.46. The van der Waals surface area contributed by atoms with Gasteiger partial charge < -0.3 is 10.2 Å². The number of benzene rings is 1. The molecule has 0 spiro atoms. The third-order valence-corrected chi connectivity index (χ3v) is 6.08. The van der Waals surface area contributed by atoms with Crippen molar-refractivity contribution in [2.24, 2.45) is 17.8 Å². The molecule has 0 aromatic heterocycles. The second kappa shape index (κ2) is 9.55. The van der Waals surface area contributed by atoms with Crippen LogP contribution in [0.1, 0.15) is 51.2 Å². The van der Waals surface area contributed by atoms with Crippen molar-refractivity contribution in [2.45, 2.75) is 53.1 Å². The molecule has 3 rings (SSSR count). The Labute approximate surface area is 169 Å². The normalized spacial score (nSPS) is 26.1. The average molecular weight is 386 g/mol. The summed E-state index contributed by atoms with van der Waals surface area (Å²) in [5, 5.41) is 3.05. The summed E-state index contributed by atoms with van der Waals surface area (Å²) in [6.07, 6.45) is 3.10. The van der Waals surface area contributed by atoms with Gasteiger partial charge in [0.1, 0.15) is 0 Å². The van der Waals surface area contributed by atoms with Crippen LogP contribution in [0.25, 0.3) is 0 Å². The molecule has 0 unspecified atom stereocenters. The zero-order chi connectivity index (χ0) is 20.1. The fourth-order valence-corrected chi connectivity index (χ4v) is 4.75. The Bertz CT molecular complexity index is 663. The quantitative estimate of drug-likeness (QED) is 0.848. The second-order valence-corrected chi connectivity index (χ2v) is 8.98. The molecule has 2 aliphatic rings. The van der Waals surface area contributed by atoms with Gasteiger partial charge in [-0.1, -0.05) is 38.1 Å². The van der Waals surface area contributed by atoms with E-state index in [4.69, 9.17) is 0 Å². The predicted molar refractivity (Wildman–Crippen MR) is 111 cm³/mol. The first-order valence-corrected chi connectivity index (χ1v) is 10.7. The first-order chi connectivity index (χ1) is 13.4. The van der Waals surface area contributed by atoms with Crippen molar-refractivity contribution in [3.63, 3.8) is 0 Å². The van der Waals surface area contributed by atoms with E-state index in [1.165, 1.54) is 25.1 Å². The zero-order valence-electron chi connectivity index (χ0n) is 17.6. The van der Waals surface area contributed by atoms with Crippen LogP contribution in [-0.2, 0) is 22.7 Å². The lowest BCUT2D eigenvalue weighted by molar-refractivity contribution is -0.134. The van der Waals surface area contributed by atoms with Crippen LogP contribution < -0.4 is 5.32 Å². The molecule has 0 aliphatic carbocycles. The van der Waals surface area contributed by atoms with Gasteiger partial charge in [0, 0.05) is 46.2 Å². The van der Waals surface area contributed by atoms with E-state index in [0.29, 0.717) is 13.1 Å². The van der Waals surface area contributed by atoms with Gasteiger partial charge in [-0.2, -0.15) is 0 Å². The third-order valence-electron chi connectivity index (χ3n) is 6.08. The molecule has 2 heterocycles. The lowest BCUT2D eigenvalue weighted by atomic mass is 9.91. The molecule has 154 valence electrons. The highest BCUT2D eigenvalue weighted by Crippen LogP contribution is 2.22. The van der Waals surface area contributed by atoms with E-state index in [1.54, 1.807) is 11.8 Å². The van der Waals surface area contributed by atoms with Crippen LogP contribution in [-0.4, -0.2) is 47.8 Å². The highest BCUT2D eigenvalue weighted by atomic mass is 16.2. The topological polar surface area (TPSA) is 52.7 Å². The maximum Gasteiger partial charge on any atom is 0.225 e. The van der Waals surface area contributed by atoms with Crippen molar-refractivity contribution in [2.75, 3.05) is 26.2 Å². The zero-order valence-corrected chi connectivity index (χ0v) is 17.6. The van der Waals surface area contributed by atoms with Gasteiger partial charge in [0.15, 0.2) is 0 Å². The summed E-state index contributed by atoms with van der Waals surface area (Å²) in [6, 6.07) is 8.61. The smallest absolute Gasteiger partial charge is 0.225 e. The van der Waals surface area contributed by atoms with Crippen molar-refractivity contribution < 1.29 is 9.59 Å². The number of likely N-dealkylation sites (tertiary alicyclic amines) is 2. The standard InChI is InChI=1S/C23H35N3O2/c1-17-11-18(2)14-25(13-17)15-21-8-6-20(7-9-21)12-24-23(28)22-5-4-10-26(16-22)19(3)27/h6-9,17-18,22H,4-5,10-16H2,1-3H3,(H,24,28)/t17-,18+,22-/m0/s1. The largest absolute Gasteiger partial charge is 0.352 e. The highest BCUT2D eigenvalue weighted by Gasteiger charge is 2.26. The molecule has 1 aromatic carbocycles. The summed E-state index contributed by atoms with van der Waals surface area (Å²) >= 11 is 0. The Morgan fingerprint density at radius 2 is 1.68 bits per heavy atom. The second-order valence-electron chi connectivity index (χ2n) is 8.98. The molecule has 0 bridgehead atoms. The van der Waals surface area contributed by atoms with Crippen LogP contribution in [0.15, 0.2) is 24.3 Å². The van der Waals surface area contributed by atoms with Gasteiger partial charge in [0.25, 0.3) is 0 Å². The van der Waals surface area contributed by atoms with E-state index in [-0.39, 0.29) is 17.7 Å². The van der Waals surface area contributed by atoms with Crippen molar-refractivity contribution >= 4 is 11.8 Å². The molecule has 3 atom stereocenters. The minimum atomic E-state index is -0.0833.